The molecule has 12 N–H and O–H groups in total. The Labute approximate surface area is 170 Å². The van der Waals surface area contributed by atoms with Crippen molar-refractivity contribution in [2.24, 2.45) is 17.2 Å². The van der Waals surface area contributed by atoms with Crippen LogP contribution in [0.1, 0.15) is 19.8 Å². The second-order valence-corrected chi connectivity index (χ2v) is 6.31. The average molecular weight is 434 g/mol. The van der Waals surface area contributed by atoms with E-state index < -0.39 is 85.2 Å². The first-order valence-electron chi connectivity index (χ1n) is 8.55. The minimum atomic E-state index is -1.73. The maximum Gasteiger partial charge on any atom is 0.328 e. The molecule has 15 heteroatoms. The van der Waals surface area contributed by atoms with Gasteiger partial charge in [-0.05, 0) is 6.92 Å². The van der Waals surface area contributed by atoms with Crippen molar-refractivity contribution in [1.29, 1.82) is 0 Å². The Morgan fingerprint density at radius 3 is 1.47 bits per heavy atom. The molecule has 0 aliphatic carbocycles. The molecule has 30 heavy (non-hydrogen) atoms. The van der Waals surface area contributed by atoms with Crippen molar-refractivity contribution in [3.63, 3.8) is 0 Å². The van der Waals surface area contributed by atoms with Gasteiger partial charge in [0, 0.05) is 0 Å². The van der Waals surface area contributed by atoms with Gasteiger partial charge in [0.1, 0.15) is 24.2 Å². The fourth-order valence-electron chi connectivity index (χ4n) is 2.04. The Morgan fingerprint density at radius 1 is 0.800 bits per heavy atom. The molecule has 15 nitrogen and oxygen atoms in total. The number of rotatable bonds is 13. The molecule has 170 valence electrons. The van der Waals surface area contributed by atoms with Crippen molar-refractivity contribution in [3.05, 3.63) is 0 Å². The molecule has 5 amide bonds. The number of amides is 5. The van der Waals surface area contributed by atoms with Crippen LogP contribution < -0.4 is 33.2 Å². The van der Waals surface area contributed by atoms with Gasteiger partial charge in [-0.3, -0.25) is 24.0 Å². The number of carbonyl (C=O) groups is 6. The van der Waals surface area contributed by atoms with Gasteiger partial charge in [0.05, 0.1) is 25.6 Å². The summed E-state index contributed by atoms with van der Waals surface area (Å²) in [4.78, 5) is 70.0. The lowest BCUT2D eigenvalue weighted by atomic mass is 10.1. The van der Waals surface area contributed by atoms with Crippen LogP contribution in [0.5, 0.6) is 0 Å². The largest absolute Gasteiger partial charge is 0.480 e. The standard InChI is InChI=1S/C15H26N6O9/c1-5(23)11(18)14(28)20-7(3-10(17)25)12(26)19-6(2-9(16)24)13(27)21-8(4-22)15(29)30/h5-8,11,22-23H,2-4,18H2,1H3,(H2,16,24)(H2,17,25)(H,19,26)(H,20,28)(H,21,27)(H,29,30). The second-order valence-electron chi connectivity index (χ2n) is 6.31. The molecule has 0 bridgehead atoms. The summed E-state index contributed by atoms with van der Waals surface area (Å²) in [6, 6.07) is -6.49. The molecule has 0 rings (SSSR count). The van der Waals surface area contributed by atoms with Crippen LogP contribution >= 0.6 is 0 Å². The molecule has 0 spiro atoms. The number of nitrogens with two attached hydrogens (primary N) is 3. The van der Waals surface area contributed by atoms with E-state index in [9.17, 15) is 33.9 Å². The number of aliphatic carboxylic acids is 1. The van der Waals surface area contributed by atoms with Gasteiger partial charge >= 0.3 is 5.97 Å². The van der Waals surface area contributed by atoms with Gasteiger partial charge in [0.2, 0.25) is 29.5 Å². The number of carboxylic acids is 1. The van der Waals surface area contributed by atoms with Crippen molar-refractivity contribution >= 4 is 35.5 Å². The van der Waals surface area contributed by atoms with Crippen LogP contribution in [0.2, 0.25) is 0 Å². The van der Waals surface area contributed by atoms with Gasteiger partial charge in [0.25, 0.3) is 0 Å². The number of nitrogens with one attached hydrogen (secondary N) is 3. The highest BCUT2D eigenvalue weighted by atomic mass is 16.4. The maximum absolute atomic E-state index is 12.5. The monoisotopic (exact) mass is 434 g/mol. The molecule has 0 aromatic carbocycles. The van der Waals surface area contributed by atoms with Gasteiger partial charge in [-0.25, -0.2) is 4.79 Å². The van der Waals surface area contributed by atoms with Gasteiger partial charge in [-0.2, -0.15) is 0 Å². The number of aliphatic hydroxyl groups excluding tert-OH is 2. The minimum absolute atomic E-state index is 0.719. The zero-order valence-electron chi connectivity index (χ0n) is 16.0. The van der Waals surface area contributed by atoms with Crippen molar-refractivity contribution in [2.75, 3.05) is 6.61 Å². The quantitative estimate of drug-likeness (QED) is 0.132. The number of primary amides is 2. The smallest absolute Gasteiger partial charge is 0.328 e. The van der Waals surface area contributed by atoms with E-state index in [1.165, 1.54) is 6.92 Å². The lowest BCUT2D eigenvalue weighted by Crippen LogP contribution is -2.59. The highest BCUT2D eigenvalue weighted by molar-refractivity contribution is 5.97. The fraction of sp³-hybridized carbons (Fsp3) is 0.600. The van der Waals surface area contributed by atoms with Crippen LogP contribution in [0.3, 0.4) is 0 Å². The van der Waals surface area contributed by atoms with Crippen LogP contribution in [0.4, 0.5) is 0 Å². The van der Waals surface area contributed by atoms with Crippen LogP contribution in [-0.2, 0) is 28.8 Å². The summed E-state index contributed by atoms with van der Waals surface area (Å²) in [7, 11) is 0. The summed E-state index contributed by atoms with van der Waals surface area (Å²) in [6.45, 7) is 0.233. The van der Waals surface area contributed by atoms with Gasteiger partial charge < -0.3 is 48.5 Å². The number of hydrogen-bond donors (Lipinski definition) is 9. The van der Waals surface area contributed by atoms with E-state index in [1.807, 2.05) is 10.6 Å². The lowest BCUT2D eigenvalue weighted by molar-refractivity contribution is -0.143. The topological polar surface area (TPSA) is 277 Å². The van der Waals surface area contributed by atoms with Crippen molar-refractivity contribution in [3.8, 4) is 0 Å². The van der Waals surface area contributed by atoms with E-state index in [0.29, 0.717) is 0 Å². The highest BCUT2D eigenvalue weighted by Crippen LogP contribution is 2.00. The average Bonchev–Trinajstić information content (AvgIpc) is 2.62. The Balaban J connectivity index is 5.48. The Hall–Kier alpha value is -3.30. The van der Waals surface area contributed by atoms with Crippen LogP contribution in [-0.4, -0.2) is 87.7 Å². The molecule has 0 fully saturated rings. The molecule has 0 aliphatic heterocycles. The number of carboxylic acid groups (broad SMARTS) is 1. The maximum atomic E-state index is 12.5. The summed E-state index contributed by atoms with van der Waals surface area (Å²) in [5, 5.41) is 33.2. The molecule has 0 aromatic heterocycles. The van der Waals surface area contributed by atoms with E-state index in [0.717, 1.165) is 0 Å². The molecule has 0 saturated carbocycles. The number of aliphatic hydroxyl groups is 2. The lowest BCUT2D eigenvalue weighted by Gasteiger charge is -2.24. The molecular weight excluding hydrogens is 408 g/mol. The molecule has 0 aliphatic rings. The molecule has 0 aromatic rings. The summed E-state index contributed by atoms with van der Waals surface area (Å²) >= 11 is 0. The number of hydrogen-bond acceptors (Lipinski definition) is 9. The third-order valence-electron chi connectivity index (χ3n) is 3.70. The molecular formula is C15H26N6O9. The molecule has 0 saturated heterocycles. The Kier molecular flexibility index (Phi) is 10.9. The summed E-state index contributed by atoms with van der Waals surface area (Å²) < 4.78 is 0. The van der Waals surface area contributed by atoms with Crippen molar-refractivity contribution in [1.82, 2.24) is 16.0 Å². The highest BCUT2D eigenvalue weighted by Gasteiger charge is 2.32. The van der Waals surface area contributed by atoms with E-state index in [4.69, 9.17) is 27.4 Å². The first-order valence-corrected chi connectivity index (χ1v) is 8.55. The summed E-state index contributed by atoms with van der Waals surface area (Å²) in [6.07, 6.45) is -2.77. The van der Waals surface area contributed by atoms with E-state index in [2.05, 4.69) is 5.32 Å². The molecule has 0 radical (unpaired) electrons. The minimum Gasteiger partial charge on any atom is -0.480 e. The second kappa shape index (κ2) is 12.3. The zero-order valence-corrected chi connectivity index (χ0v) is 16.0. The van der Waals surface area contributed by atoms with E-state index in [-0.39, 0.29) is 0 Å². The summed E-state index contributed by atoms with van der Waals surface area (Å²) in [5.74, 6) is -6.96. The SMILES string of the molecule is CC(O)C(N)C(=O)NC(CC(N)=O)C(=O)NC(CC(N)=O)C(=O)NC(CO)C(=O)O. The zero-order chi connectivity index (χ0) is 23.6. The third kappa shape index (κ3) is 9.26. The van der Waals surface area contributed by atoms with Crippen LogP contribution in [0.15, 0.2) is 0 Å². The Morgan fingerprint density at radius 2 is 1.17 bits per heavy atom. The fourth-order valence-corrected chi connectivity index (χ4v) is 2.04. The van der Waals surface area contributed by atoms with E-state index in [1.54, 1.807) is 0 Å². The first-order chi connectivity index (χ1) is 13.8. The van der Waals surface area contributed by atoms with Gasteiger partial charge in [-0.15, -0.1) is 0 Å². The predicted octanol–water partition coefficient (Wildman–Crippen LogP) is -6.02. The predicted molar refractivity (Wildman–Crippen MR) is 97.8 cm³/mol. The van der Waals surface area contributed by atoms with E-state index >= 15 is 0 Å². The normalized spacial score (nSPS) is 15.6. The van der Waals surface area contributed by atoms with Gasteiger partial charge in [-0.1, -0.05) is 0 Å². The summed E-state index contributed by atoms with van der Waals surface area (Å²) in [5.41, 5.74) is 15.5. The Bertz CT molecular complexity index is 684. The molecule has 0 heterocycles. The molecule has 5 unspecified atom stereocenters. The van der Waals surface area contributed by atoms with Gasteiger partial charge in [0.15, 0.2) is 0 Å². The third-order valence-corrected chi connectivity index (χ3v) is 3.70. The molecule has 5 atom stereocenters. The van der Waals surface area contributed by atoms with Crippen LogP contribution in [0.25, 0.3) is 0 Å². The van der Waals surface area contributed by atoms with Crippen molar-refractivity contribution in [2.45, 2.75) is 50.0 Å². The first kappa shape index (κ1) is 26.7. The van der Waals surface area contributed by atoms with Crippen molar-refractivity contribution < 1.29 is 44.1 Å². The number of carbonyl (C=O) groups excluding carboxylic acids is 5. The van der Waals surface area contributed by atoms with Crippen LogP contribution in [0, 0.1) is 0 Å².